The van der Waals surface area contributed by atoms with Crippen LogP contribution in [0.15, 0.2) is 41.6 Å². The molecule has 0 radical (unpaired) electrons. The van der Waals surface area contributed by atoms with Crippen molar-refractivity contribution in [2.45, 2.75) is 32.0 Å². The van der Waals surface area contributed by atoms with Crippen molar-refractivity contribution in [3.8, 4) is 0 Å². The molecule has 2 atom stereocenters. The van der Waals surface area contributed by atoms with E-state index in [1.165, 1.54) is 23.1 Å². The van der Waals surface area contributed by atoms with Gasteiger partial charge in [0.1, 0.15) is 0 Å². The molecule has 2 fully saturated rings. The van der Waals surface area contributed by atoms with Crippen molar-refractivity contribution in [1.82, 2.24) is 24.3 Å². The maximum absolute atomic E-state index is 13.3. The van der Waals surface area contributed by atoms with Crippen LogP contribution in [0.1, 0.15) is 29.2 Å². The molecule has 3 aliphatic heterocycles. The van der Waals surface area contributed by atoms with E-state index < -0.39 is 0 Å². The van der Waals surface area contributed by atoms with E-state index in [1.807, 2.05) is 12.4 Å². The molecule has 3 aromatic heterocycles. The van der Waals surface area contributed by atoms with E-state index in [2.05, 4.69) is 48.7 Å². The number of hydrogen-bond donors (Lipinski definition) is 1. The average Bonchev–Trinajstić information content (AvgIpc) is 3.20. The first-order valence-corrected chi connectivity index (χ1v) is 11.4. The number of nitrogens with one attached hydrogen (secondary N) is 1. The van der Waals surface area contributed by atoms with Gasteiger partial charge in [-0.3, -0.25) is 19.6 Å². The average molecular weight is 420 g/mol. The lowest BCUT2D eigenvalue weighted by Crippen LogP contribution is -2.47. The summed E-state index contributed by atoms with van der Waals surface area (Å²) in [6.45, 7) is 7.92. The highest BCUT2D eigenvalue weighted by atomic mass is 16.5. The number of fused-ring (bicyclic) bond motifs is 5. The summed E-state index contributed by atoms with van der Waals surface area (Å²) in [5.74, 6) is 0.971. The van der Waals surface area contributed by atoms with Crippen molar-refractivity contribution in [3.05, 3.63) is 64.0 Å². The van der Waals surface area contributed by atoms with Crippen LogP contribution in [-0.2, 0) is 24.4 Å². The lowest BCUT2D eigenvalue weighted by molar-refractivity contribution is 0.0338. The summed E-state index contributed by atoms with van der Waals surface area (Å²) in [4.78, 5) is 25.7. The van der Waals surface area contributed by atoms with Gasteiger partial charge in [0, 0.05) is 80.8 Å². The minimum atomic E-state index is 0.219. The summed E-state index contributed by atoms with van der Waals surface area (Å²) >= 11 is 0. The smallest absolute Gasteiger partial charge is 0.255 e. The Hall–Kier alpha value is -2.48. The molecule has 31 heavy (non-hydrogen) atoms. The van der Waals surface area contributed by atoms with E-state index >= 15 is 0 Å². The normalized spacial score (nSPS) is 24.4. The monoisotopic (exact) mass is 419 g/mol. The molecule has 0 saturated carbocycles. The van der Waals surface area contributed by atoms with Gasteiger partial charge in [-0.1, -0.05) is 6.07 Å². The first-order chi connectivity index (χ1) is 15.2. The summed E-state index contributed by atoms with van der Waals surface area (Å²) in [5.41, 5.74) is 4.79. The van der Waals surface area contributed by atoms with Crippen LogP contribution in [0.3, 0.4) is 0 Å². The van der Waals surface area contributed by atoms with Crippen LogP contribution in [0.5, 0.6) is 0 Å². The number of aromatic amines is 1. The van der Waals surface area contributed by atoms with Gasteiger partial charge in [0.2, 0.25) is 0 Å². The molecular formula is C24H29N5O2. The largest absolute Gasteiger partial charge is 0.379 e. The van der Waals surface area contributed by atoms with Crippen molar-refractivity contribution in [2.75, 3.05) is 39.4 Å². The van der Waals surface area contributed by atoms with E-state index in [4.69, 9.17) is 4.74 Å². The maximum Gasteiger partial charge on any atom is 0.255 e. The van der Waals surface area contributed by atoms with Crippen LogP contribution in [0.25, 0.3) is 10.9 Å². The topological polar surface area (TPSA) is 66.4 Å². The highest BCUT2D eigenvalue weighted by Crippen LogP contribution is 2.36. The Kier molecular flexibility index (Phi) is 4.89. The number of hydrogen-bond acceptors (Lipinski definition) is 5. The second-order valence-electron chi connectivity index (χ2n) is 9.32. The molecule has 7 nitrogen and oxygen atoms in total. The van der Waals surface area contributed by atoms with Crippen molar-refractivity contribution >= 4 is 10.9 Å². The first-order valence-electron chi connectivity index (χ1n) is 11.4. The quantitative estimate of drug-likeness (QED) is 0.702. The standard InChI is InChI=1S/C24H29N5O2/c30-24-18(14-27-5-7-31-8-6-27)1-2-23-19-9-17(13-29(23)24)12-28(15-19)16-20-10-26-22-11-25-4-3-21(20)22/h1-4,10-11,17,19,26H,5-9,12-16H2/t17-,19+/m0/s1. The summed E-state index contributed by atoms with van der Waals surface area (Å²) in [5, 5.41) is 1.26. The van der Waals surface area contributed by atoms with E-state index in [0.29, 0.717) is 11.8 Å². The zero-order valence-corrected chi connectivity index (χ0v) is 17.8. The van der Waals surface area contributed by atoms with Crippen LogP contribution in [-0.4, -0.2) is 63.7 Å². The second kappa shape index (κ2) is 7.89. The molecule has 0 amide bonds. The Balaban J connectivity index is 1.22. The molecule has 2 bridgehead atoms. The Morgan fingerprint density at radius 3 is 2.81 bits per heavy atom. The van der Waals surface area contributed by atoms with Crippen molar-refractivity contribution in [3.63, 3.8) is 0 Å². The number of morpholine rings is 1. The van der Waals surface area contributed by atoms with Crippen LogP contribution in [0.2, 0.25) is 0 Å². The third-order valence-corrected chi connectivity index (χ3v) is 7.22. The summed E-state index contributed by atoms with van der Waals surface area (Å²) in [6, 6.07) is 6.39. The molecule has 0 spiro atoms. The lowest BCUT2D eigenvalue weighted by atomic mass is 9.82. The van der Waals surface area contributed by atoms with Gasteiger partial charge in [-0.15, -0.1) is 0 Å². The van der Waals surface area contributed by atoms with Crippen molar-refractivity contribution in [2.24, 2.45) is 5.92 Å². The number of aromatic nitrogens is 3. The van der Waals surface area contributed by atoms with Gasteiger partial charge in [0.05, 0.1) is 24.9 Å². The van der Waals surface area contributed by atoms with E-state index in [9.17, 15) is 4.79 Å². The van der Waals surface area contributed by atoms with E-state index in [1.54, 1.807) is 0 Å². The number of nitrogens with zero attached hydrogens (tertiary/aromatic N) is 4. The summed E-state index contributed by atoms with van der Waals surface area (Å²) in [6.07, 6.45) is 7.06. The Morgan fingerprint density at radius 2 is 1.90 bits per heavy atom. The van der Waals surface area contributed by atoms with Crippen LogP contribution in [0.4, 0.5) is 0 Å². The SMILES string of the molecule is O=c1c(CN2CCOCC2)ccc2n1C[C@H]1C[C@@H]2CN(Cc2c[nH]c3cnccc23)C1. The zero-order valence-electron chi connectivity index (χ0n) is 17.8. The van der Waals surface area contributed by atoms with Gasteiger partial charge in [-0.25, -0.2) is 0 Å². The molecule has 6 rings (SSSR count). The highest BCUT2D eigenvalue weighted by molar-refractivity contribution is 5.82. The van der Waals surface area contributed by atoms with Crippen LogP contribution >= 0.6 is 0 Å². The predicted octanol–water partition coefficient (Wildman–Crippen LogP) is 2.18. The molecule has 0 unspecified atom stereocenters. The highest BCUT2D eigenvalue weighted by Gasteiger charge is 2.35. The molecule has 2 saturated heterocycles. The predicted molar refractivity (Wildman–Crippen MR) is 119 cm³/mol. The molecule has 3 aromatic rings. The fourth-order valence-corrected chi connectivity index (χ4v) is 5.74. The third-order valence-electron chi connectivity index (χ3n) is 7.22. The molecule has 3 aliphatic rings. The number of H-pyrrole nitrogens is 1. The molecule has 1 N–H and O–H groups in total. The summed E-state index contributed by atoms with van der Waals surface area (Å²) in [7, 11) is 0. The van der Waals surface area contributed by atoms with Gasteiger partial charge in [-0.05, 0) is 30.0 Å². The van der Waals surface area contributed by atoms with Crippen molar-refractivity contribution in [1.29, 1.82) is 0 Å². The van der Waals surface area contributed by atoms with Gasteiger partial charge in [-0.2, -0.15) is 0 Å². The molecular weight excluding hydrogens is 390 g/mol. The molecule has 6 heterocycles. The van der Waals surface area contributed by atoms with Crippen LogP contribution in [0, 0.1) is 5.92 Å². The third kappa shape index (κ3) is 3.60. The van der Waals surface area contributed by atoms with Crippen molar-refractivity contribution < 1.29 is 4.74 Å². The minimum absolute atomic E-state index is 0.219. The Labute approximate surface area is 181 Å². The fourth-order valence-electron chi connectivity index (χ4n) is 5.74. The molecule has 7 heteroatoms. The Bertz CT molecular complexity index is 1150. The van der Waals surface area contributed by atoms with E-state index in [-0.39, 0.29) is 5.56 Å². The molecule has 0 aromatic carbocycles. The number of piperidine rings is 1. The zero-order chi connectivity index (χ0) is 20.8. The van der Waals surface area contributed by atoms with Gasteiger partial charge < -0.3 is 14.3 Å². The number of likely N-dealkylation sites (tertiary alicyclic amines) is 1. The van der Waals surface area contributed by atoms with Gasteiger partial charge in [0.25, 0.3) is 5.56 Å². The minimum Gasteiger partial charge on any atom is -0.379 e. The molecule has 162 valence electrons. The van der Waals surface area contributed by atoms with Gasteiger partial charge in [0.15, 0.2) is 0 Å². The van der Waals surface area contributed by atoms with Gasteiger partial charge >= 0.3 is 0 Å². The van der Waals surface area contributed by atoms with Crippen LogP contribution < -0.4 is 5.56 Å². The van der Waals surface area contributed by atoms with E-state index in [0.717, 1.165) is 70.1 Å². The lowest BCUT2D eigenvalue weighted by Gasteiger charge is -2.43. The fraction of sp³-hybridized carbons (Fsp3) is 0.500. The number of pyridine rings is 2. The maximum atomic E-state index is 13.3. The second-order valence-corrected chi connectivity index (χ2v) is 9.32. The first kappa shape index (κ1) is 19.2. The number of ether oxygens (including phenoxy) is 1. The molecule has 0 aliphatic carbocycles. The summed E-state index contributed by atoms with van der Waals surface area (Å²) < 4.78 is 7.53. The Morgan fingerprint density at radius 1 is 1.03 bits per heavy atom. The number of rotatable bonds is 4.